The van der Waals surface area contributed by atoms with E-state index in [-0.39, 0.29) is 43.0 Å². The van der Waals surface area contributed by atoms with Crippen LogP contribution >= 0.6 is 0 Å². The van der Waals surface area contributed by atoms with Gasteiger partial charge >= 0.3 is 18.8 Å². The molecule has 3 amide bonds. The number of carbonyl (C=O) groups excluding carboxylic acids is 3. The van der Waals surface area contributed by atoms with E-state index in [1.807, 2.05) is 30.9 Å². The maximum absolute atomic E-state index is 13.7. The zero-order valence-electron chi connectivity index (χ0n) is 34.2. The second-order valence-corrected chi connectivity index (χ2v) is 17.2. The number of hydrogen-bond acceptors (Lipinski definition) is 8. The van der Waals surface area contributed by atoms with Gasteiger partial charge in [0.25, 0.3) is 0 Å². The van der Waals surface area contributed by atoms with Gasteiger partial charge in [0.2, 0.25) is 5.91 Å². The van der Waals surface area contributed by atoms with Gasteiger partial charge in [-0.3, -0.25) is 14.7 Å². The number of aliphatic imine (C=N–C) groups is 1. The Bertz CT molecular complexity index is 2480. The molecule has 3 aliphatic rings. The van der Waals surface area contributed by atoms with Crippen LogP contribution < -0.4 is 5.32 Å². The number of H-pyrrole nitrogens is 1. The molecule has 4 aromatic carbocycles. The molecule has 2 fully saturated rings. The number of aromatic amines is 1. The summed E-state index contributed by atoms with van der Waals surface area (Å²) in [6.45, 7) is 7.01. The topological polar surface area (TPSA) is 138 Å². The number of nitrogens with one attached hydrogen (secondary N) is 2. The molecule has 2 saturated heterocycles. The van der Waals surface area contributed by atoms with Crippen LogP contribution in [0.15, 0.2) is 65.7 Å². The van der Waals surface area contributed by atoms with E-state index in [2.05, 4.69) is 63.6 Å². The molecule has 2 N–H and O–H groups in total. The van der Waals surface area contributed by atoms with Crippen molar-refractivity contribution in [2.75, 3.05) is 26.8 Å². The van der Waals surface area contributed by atoms with E-state index in [4.69, 9.17) is 19.5 Å². The third-order valence-corrected chi connectivity index (χ3v) is 11.6. The number of halogens is 2. The van der Waals surface area contributed by atoms with Crippen LogP contribution in [0.2, 0.25) is 0 Å². The van der Waals surface area contributed by atoms with Gasteiger partial charge < -0.3 is 29.4 Å². The second-order valence-electron chi connectivity index (χ2n) is 17.2. The average Bonchev–Trinajstić information content (AvgIpc) is 4.02. The van der Waals surface area contributed by atoms with E-state index in [9.17, 15) is 23.2 Å². The molecule has 0 unspecified atom stereocenters. The predicted molar refractivity (Wildman–Crippen MR) is 222 cm³/mol. The number of amides is 3. The number of likely N-dealkylation sites (tertiary alicyclic amines) is 2. The summed E-state index contributed by atoms with van der Waals surface area (Å²) in [6.07, 6.45) is 1.47. The molecule has 14 heteroatoms. The highest BCUT2D eigenvalue weighted by molar-refractivity contribution is 6.07. The molecule has 310 valence electrons. The van der Waals surface area contributed by atoms with Crippen LogP contribution in [0.25, 0.3) is 43.7 Å². The van der Waals surface area contributed by atoms with Gasteiger partial charge in [0, 0.05) is 36.5 Å². The van der Waals surface area contributed by atoms with Crippen molar-refractivity contribution >= 4 is 62.1 Å². The van der Waals surface area contributed by atoms with Crippen LogP contribution in [0.1, 0.15) is 71.3 Å². The van der Waals surface area contributed by atoms with Gasteiger partial charge in [0.15, 0.2) is 0 Å². The smallest absolute Gasteiger partial charge is 0.410 e. The van der Waals surface area contributed by atoms with E-state index in [1.165, 1.54) is 7.11 Å². The number of alkyl halides is 2. The molecule has 0 bridgehead atoms. The van der Waals surface area contributed by atoms with Crippen LogP contribution in [0.4, 0.5) is 24.1 Å². The molecule has 59 heavy (non-hydrogen) atoms. The van der Waals surface area contributed by atoms with E-state index < -0.39 is 30.4 Å². The van der Waals surface area contributed by atoms with Crippen LogP contribution in [0, 0.1) is 11.8 Å². The van der Waals surface area contributed by atoms with Crippen molar-refractivity contribution in [1.82, 2.24) is 25.1 Å². The minimum absolute atomic E-state index is 0.123. The number of hydrogen-bond donors (Lipinski definition) is 2. The molecule has 4 heterocycles. The average molecular weight is 809 g/mol. The van der Waals surface area contributed by atoms with Crippen molar-refractivity contribution in [1.29, 1.82) is 0 Å². The first-order valence-electron chi connectivity index (χ1n) is 20.3. The normalized spacial score (nSPS) is 19.9. The lowest BCUT2D eigenvalue weighted by atomic mass is 9.94. The Balaban J connectivity index is 1.02. The van der Waals surface area contributed by atoms with Crippen LogP contribution in [0.5, 0.6) is 0 Å². The summed E-state index contributed by atoms with van der Waals surface area (Å²) in [5, 5.41) is 6.86. The van der Waals surface area contributed by atoms with Crippen molar-refractivity contribution in [3.63, 3.8) is 0 Å². The van der Waals surface area contributed by atoms with Crippen molar-refractivity contribution in [3.8, 4) is 11.1 Å². The summed E-state index contributed by atoms with van der Waals surface area (Å²) in [4.78, 5) is 56.0. The standard InChI is InChI=1S/C45H50F2N6O6/c1-24(2)38(51-43(55)57-6)41(54)52-17-7-8-36(52)40-49-34-16-12-29-20-27(10-14-31(29)39(34)50-40)26-9-13-30-28(19-26)11-15-33-32(30)21-35(48-33)37-18-25(23-58-42(46)47)22-53(37)44(56)59-45(3,4)5/h9-16,19-20,24-25,36-38,42H,7-8,17-18,21-23H2,1-6H3,(H,49,50)(H,51,55)/t25-,36-,37-,38-/m0/s1. The van der Waals surface area contributed by atoms with Gasteiger partial charge in [-0.25, -0.2) is 14.6 Å². The number of ether oxygens (including phenoxy) is 3. The number of methoxy groups -OCH3 is 1. The van der Waals surface area contributed by atoms with E-state index in [0.29, 0.717) is 19.4 Å². The summed E-state index contributed by atoms with van der Waals surface area (Å²) in [5.41, 5.74) is 5.83. The Morgan fingerprint density at radius 3 is 2.36 bits per heavy atom. The molecule has 4 atom stereocenters. The van der Waals surface area contributed by atoms with Gasteiger partial charge in [-0.05, 0) is 103 Å². The van der Waals surface area contributed by atoms with Crippen molar-refractivity contribution < 1.29 is 37.4 Å². The Morgan fingerprint density at radius 2 is 1.66 bits per heavy atom. The Hall–Kier alpha value is -5.63. The van der Waals surface area contributed by atoms with Crippen LogP contribution in [0.3, 0.4) is 0 Å². The summed E-state index contributed by atoms with van der Waals surface area (Å²) >= 11 is 0. The maximum Gasteiger partial charge on any atom is 0.410 e. The molecule has 0 aliphatic carbocycles. The third kappa shape index (κ3) is 8.06. The SMILES string of the molecule is COC(=O)N[C@H](C(=O)N1CCC[C@H]1c1nc2c(ccc3cc(-c4ccc5c6c(ccc5c4)N=C([C@@H]4C[C@H](COC(F)F)CN4C(=O)OC(C)(C)C)C6)ccc32)[nH]1)C(C)C. The molecule has 5 aromatic rings. The lowest BCUT2D eigenvalue weighted by molar-refractivity contribution is -0.137. The molecular weight excluding hydrogens is 759 g/mol. The van der Waals surface area contributed by atoms with Crippen LogP contribution in [-0.2, 0) is 25.4 Å². The number of nitrogens with zero attached hydrogens (tertiary/aromatic N) is 4. The maximum atomic E-state index is 13.7. The summed E-state index contributed by atoms with van der Waals surface area (Å²) in [6, 6.07) is 19.6. The molecule has 0 radical (unpaired) electrons. The zero-order valence-corrected chi connectivity index (χ0v) is 34.2. The molecule has 8 rings (SSSR count). The molecule has 12 nitrogen and oxygen atoms in total. The predicted octanol–water partition coefficient (Wildman–Crippen LogP) is 9.07. The minimum atomic E-state index is -2.88. The monoisotopic (exact) mass is 808 g/mol. The zero-order chi connectivity index (χ0) is 41.7. The summed E-state index contributed by atoms with van der Waals surface area (Å²) in [7, 11) is 1.29. The number of benzene rings is 4. The number of imidazole rings is 1. The molecule has 0 spiro atoms. The second kappa shape index (κ2) is 15.9. The first-order valence-corrected chi connectivity index (χ1v) is 20.3. The number of aromatic nitrogens is 2. The Morgan fingerprint density at radius 1 is 0.949 bits per heavy atom. The first kappa shape index (κ1) is 40.2. The largest absolute Gasteiger partial charge is 0.453 e. The number of carbonyl (C=O) groups is 3. The van der Waals surface area contributed by atoms with Crippen molar-refractivity contribution in [2.24, 2.45) is 16.8 Å². The van der Waals surface area contributed by atoms with E-state index in [1.54, 1.807) is 25.7 Å². The number of fused-ring (bicyclic) bond motifs is 6. The summed E-state index contributed by atoms with van der Waals surface area (Å²) < 4.78 is 41.0. The fraction of sp³-hybridized carbons (Fsp3) is 0.444. The molecule has 3 aliphatic heterocycles. The van der Waals surface area contributed by atoms with Gasteiger partial charge in [-0.15, -0.1) is 0 Å². The van der Waals surface area contributed by atoms with E-state index in [0.717, 1.165) is 79.3 Å². The quantitative estimate of drug-likeness (QED) is 0.152. The Kier molecular flexibility index (Phi) is 10.8. The molecule has 0 saturated carbocycles. The lowest BCUT2D eigenvalue weighted by Gasteiger charge is -2.29. The van der Waals surface area contributed by atoms with Gasteiger partial charge in [0.05, 0.1) is 42.5 Å². The van der Waals surface area contributed by atoms with Gasteiger partial charge in [-0.1, -0.05) is 50.2 Å². The molecular formula is C45H50F2N6O6. The highest BCUT2D eigenvalue weighted by Crippen LogP contribution is 2.40. The van der Waals surface area contributed by atoms with E-state index >= 15 is 0 Å². The fourth-order valence-electron chi connectivity index (χ4n) is 8.86. The van der Waals surface area contributed by atoms with Crippen molar-refractivity contribution in [2.45, 2.75) is 90.6 Å². The van der Waals surface area contributed by atoms with Gasteiger partial charge in [0.1, 0.15) is 17.5 Å². The summed E-state index contributed by atoms with van der Waals surface area (Å²) in [5.74, 6) is 0.184. The highest BCUT2D eigenvalue weighted by Gasteiger charge is 2.42. The Labute approximate surface area is 341 Å². The van der Waals surface area contributed by atoms with Crippen molar-refractivity contribution in [3.05, 3.63) is 72.1 Å². The number of alkyl carbamates (subject to hydrolysis) is 1. The fourth-order valence-corrected chi connectivity index (χ4v) is 8.86. The minimum Gasteiger partial charge on any atom is -0.453 e. The van der Waals surface area contributed by atoms with Crippen LogP contribution in [-0.4, -0.2) is 94.7 Å². The third-order valence-electron chi connectivity index (χ3n) is 11.6. The first-order chi connectivity index (χ1) is 28.2. The van der Waals surface area contributed by atoms with Gasteiger partial charge in [-0.2, -0.15) is 8.78 Å². The lowest BCUT2D eigenvalue weighted by Crippen LogP contribution is -2.51. The molecule has 1 aromatic heterocycles. The highest BCUT2D eigenvalue weighted by atomic mass is 19.3. The number of rotatable bonds is 9.